The Kier molecular flexibility index (Phi) is 6.31. The minimum absolute atomic E-state index is 0.0469. The predicted octanol–water partition coefficient (Wildman–Crippen LogP) is 2.90. The first-order chi connectivity index (χ1) is 15.0. The molecule has 1 amide bonds. The molecule has 2 aromatic rings. The number of hydrogen-bond donors (Lipinski definition) is 2. The Morgan fingerprint density at radius 2 is 1.72 bits per heavy atom. The van der Waals surface area contributed by atoms with Gasteiger partial charge in [0.15, 0.2) is 0 Å². The number of carbonyl (C=O) groups is 2. The number of carbonyl (C=O) groups excluding carboxylic acids is 2. The van der Waals surface area contributed by atoms with Crippen molar-refractivity contribution in [2.75, 3.05) is 27.2 Å². The van der Waals surface area contributed by atoms with Crippen LogP contribution in [-0.4, -0.2) is 63.8 Å². The highest BCUT2D eigenvalue weighted by molar-refractivity contribution is 6.46. The summed E-state index contributed by atoms with van der Waals surface area (Å²) in [5.74, 6) is -2.35. The molecule has 2 N–H and O–H groups in total. The second-order valence-corrected chi connectivity index (χ2v) is 8.10. The number of aliphatic hydroxyl groups is 1. The van der Waals surface area contributed by atoms with Crippen LogP contribution >= 0.6 is 0 Å². The zero-order valence-corrected chi connectivity index (χ0v) is 18.3. The number of aliphatic hydroxyl groups excluding tert-OH is 1. The molecule has 0 aromatic heterocycles. The molecule has 0 bridgehead atoms. The van der Waals surface area contributed by atoms with Crippen molar-refractivity contribution in [3.63, 3.8) is 0 Å². The average molecular weight is 439 g/mol. The Hall–Kier alpha value is -3.72. The van der Waals surface area contributed by atoms with Gasteiger partial charge in [0, 0.05) is 25.2 Å². The lowest BCUT2D eigenvalue weighted by atomic mass is 9.93. The van der Waals surface area contributed by atoms with Gasteiger partial charge in [-0.05, 0) is 68.9 Å². The molecule has 32 heavy (non-hydrogen) atoms. The topological polar surface area (TPSA) is 124 Å². The number of nitrogens with zero attached hydrogens (tertiary/aromatic N) is 3. The van der Waals surface area contributed by atoms with Crippen molar-refractivity contribution in [2.24, 2.45) is 0 Å². The van der Waals surface area contributed by atoms with Gasteiger partial charge in [-0.1, -0.05) is 0 Å². The van der Waals surface area contributed by atoms with Crippen LogP contribution in [0.15, 0.2) is 42.0 Å². The summed E-state index contributed by atoms with van der Waals surface area (Å²) in [5, 5.41) is 32.5. The van der Waals surface area contributed by atoms with Crippen LogP contribution in [0.1, 0.15) is 28.3 Å². The molecule has 9 nitrogen and oxygen atoms in total. The molecule has 1 aliphatic heterocycles. The standard InChI is InChI=1S/C23H25N3O6/c1-13-11-17(18(27)12-14(13)2)21(28)19-20(15-5-7-16(8-6-15)26(31)32)25(10-9-24(3)4)23(30)22(19)29/h5-8,11-12,20,27-28H,9-10H2,1-4H3/b21-19+. The van der Waals surface area contributed by atoms with Gasteiger partial charge in [-0.3, -0.25) is 19.7 Å². The largest absolute Gasteiger partial charge is 0.507 e. The molecule has 0 saturated carbocycles. The average Bonchev–Trinajstić information content (AvgIpc) is 2.99. The van der Waals surface area contributed by atoms with Crippen LogP contribution in [0.2, 0.25) is 0 Å². The number of nitro groups is 1. The van der Waals surface area contributed by atoms with Crippen LogP contribution in [0.3, 0.4) is 0 Å². The number of benzene rings is 2. The van der Waals surface area contributed by atoms with Crippen molar-refractivity contribution in [3.05, 3.63) is 74.3 Å². The Balaban J connectivity index is 2.20. The van der Waals surface area contributed by atoms with Crippen molar-refractivity contribution in [1.82, 2.24) is 9.80 Å². The van der Waals surface area contributed by atoms with E-state index in [-0.39, 0.29) is 29.1 Å². The second kappa shape index (κ2) is 8.80. The fourth-order valence-corrected chi connectivity index (χ4v) is 3.68. The van der Waals surface area contributed by atoms with E-state index in [0.717, 1.165) is 11.1 Å². The van der Waals surface area contributed by atoms with Crippen LogP contribution in [0.5, 0.6) is 5.75 Å². The third-order valence-corrected chi connectivity index (χ3v) is 5.61. The molecule has 0 radical (unpaired) electrons. The number of phenolic OH excluding ortho intramolecular Hbond substituents is 1. The lowest BCUT2D eigenvalue weighted by Crippen LogP contribution is -2.35. The lowest BCUT2D eigenvalue weighted by molar-refractivity contribution is -0.384. The Morgan fingerprint density at radius 1 is 1.12 bits per heavy atom. The molecule has 0 spiro atoms. The van der Waals surface area contributed by atoms with Gasteiger partial charge in [-0.25, -0.2) is 0 Å². The van der Waals surface area contributed by atoms with Crippen molar-refractivity contribution >= 4 is 23.1 Å². The summed E-state index contributed by atoms with van der Waals surface area (Å²) in [7, 11) is 3.65. The number of Topliss-reactive ketones (excluding diaryl/α,β-unsaturated/α-hetero) is 1. The van der Waals surface area contributed by atoms with Crippen molar-refractivity contribution < 1.29 is 24.7 Å². The molecule has 0 aliphatic carbocycles. The maximum atomic E-state index is 13.0. The Morgan fingerprint density at radius 3 is 2.28 bits per heavy atom. The maximum absolute atomic E-state index is 13.0. The smallest absolute Gasteiger partial charge is 0.295 e. The number of phenols is 1. The van der Waals surface area contributed by atoms with Gasteiger partial charge in [-0.2, -0.15) is 0 Å². The second-order valence-electron chi connectivity index (χ2n) is 8.10. The van der Waals surface area contributed by atoms with Crippen LogP contribution in [0, 0.1) is 24.0 Å². The summed E-state index contributed by atoms with van der Waals surface area (Å²) in [5.41, 5.74) is 1.78. The van der Waals surface area contributed by atoms with Crippen LogP contribution < -0.4 is 0 Å². The van der Waals surface area contributed by atoms with Crippen LogP contribution in [-0.2, 0) is 9.59 Å². The fraction of sp³-hybridized carbons (Fsp3) is 0.304. The monoisotopic (exact) mass is 439 g/mol. The molecule has 1 fully saturated rings. The summed E-state index contributed by atoms with van der Waals surface area (Å²) in [6, 6.07) is 7.59. The highest BCUT2D eigenvalue weighted by atomic mass is 16.6. The normalized spacial score (nSPS) is 17.9. The molecule has 1 saturated heterocycles. The van der Waals surface area contributed by atoms with Gasteiger partial charge in [0.25, 0.3) is 17.4 Å². The summed E-state index contributed by atoms with van der Waals surface area (Å²) in [6.45, 7) is 4.27. The van der Waals surface area contributed by atoms with E-state index in [0.29, 0.717) is 12.1 Å². The Labute approximate surface area is 185 Å². The van der Waals surface area contributed by atoms with Gasteiger partial charge < -0.3 is 20.0 Å². The van der Waals surface area contributed by atoms with Gasteiger partial charge >= 0.3 is 0 Å². The molecule has 3 rings (SSSR count). The number of rotatable bonds is 6. The molecule has 9 heteroatoms. The number of non-ortho nitro benzene ring substituents is 1. The van der Waals surface area contributed by atoms with Crippen LogP contribution in [0.4, 0.5) is 5.69 Å². The van der Waals surface area contributed by atoms with Gasteiger partial charge in [0.05, 0.1) is 22.1 Å². The zero-order chi connectivity index (χ0) is 23.7. The number of amides is 1. The van der Waals surface area contributed by atoms with E-state index in [4.69, 9.17) is 0 Å². The van der Waals surface area contributed by atoms with E-state index in [2.05, 4.69) is 0 Å². The summed E-state index contributed by atoms with van der Waals surface area (Å²) >= 11 is 0. The van der Waals surface area contributed by atoms with E-state index in [1.54, 1.807) is 19.9 Å². The number of nitro benzene ring substituents is 1. The first kappa shape index (κ1) is 23.0. The number of likely N-dealkylation sites (N-methyl/N-ethyl adjacent to an activating group) is 1. The van der Waals surface area contributed by atoms with Crippen molar-refractivity contribution in [2.45, 2.75) is 19.9 Å². The van der Waals surface area contributed by atoms with E-state index < -0.39 is 28.4 Å². The van der Waals surface area contributed by atoms with Crippen molar-refractivity contribution in [1.29, 1.82) is 0 Å². The number of aromatic hydroxyl groups is 1. The van der Waals surface area contributed by atoms with E-state index in [1.807, 2.05) is 19.0 Å². The molecule has 1 atom stereocenters. The molecule has 1 aliphatic rings. The van der Waals surface area contributed by atoms with Gasteiger partial charge in [0.2, 0.25) is 0 Å². The SMILES string of the molecule is Cc1cc(O)c(/C(O)=C2\C(=O)C(=O)N(CCN(C)C)C2c2ccc([N+](=O)[O-])cc2)cc1C. The highest BCUT2D eigenvalue weighted by Gasteiger charge is 2.46. The molecular formula is C23H25N3O6. The quantitative estimate of drug-likeness (QED) is 0.233. The van der Waals surface area contributed by atoms with E-state index in [9.17, 15) is 29.9 Å². The number of aryl methyl sites for hydroxylation is 2. The summed E-state index contributed by atoms with van der Waals surface area (Å²) in [4.78, 5) is 39.5. The van der Waals surface area contributed by atoms with E-state index >= 15 is 0 Å². The van der Waals surface area contributed by atoms with Gasteiger partial charge in [0.1, 0.15) is 11.5 Å². The molecule has 168 valence electrons. The Bertz CT molecular complexity index is 1120. The maximum Gasteiger partial charge on any atom is 0.295 e. The first-order valence-corrected chi connectivity index (χ1v) is 10.0. The number of hydrogen-bond acceptors (Lipinski definition) is 7. The zero-order valence-electron chi connectivity index (χ0n) is 18.3. The molecule has 1 unspecified atom stereocenters. The minimum atomic E-state index is -0.947. The fourth-order valence-electron chi connectivity index (χ4n) is 3.68. The molecule has 1 heterocycles. The minimum Gasteiger partial charge on any atom is -0.507 e. The lowest BCUT2D eigenvalue weighted by Gasteiger charge is -2.26. The number of likely N-dealkylation sites (tertiary alicyclic amines) is 1. The van der Waals surface area contributed by atoms with Gasteiger partial charge in [-0.15, -0.1) is 0 Å². The predicted molar refractivity (Wildman–Crippen MR) is 118 cm³/mol. The number of ketones is 1. The van der Waals surface area contributed by atoms with Crippen molar-refractivity contribution in [3.8, 4) is 5.75 Å². The molecule has 2 aromatic carbocycles. The third-order valence-electron chi connectivity index (χ3n) is 5.61. The van der Waals surface area contributed by atoms with E-state index in [1.165, 1.54) is 35.2 Å². The first-order valence-electron chi connectivity index (χ1n) is 10.0. The highest BCUT2D eigenvalue weighted by Crippen LogP contribution is 2.41. The summed E-state index contributed by atoms with van der Waals surface area (Å²) < 4.78 is 0. The third kappa shape index (κ3) is 4.19. The van der Waals surface area contributed by atoms with Crippen LogP contribution in [0.25, 0.3) is 5.76 Å². The summed E-state index contributed by atoms with van der Waals surface area (Å²) in [6.07, 6.45) is 0. The molecular weight excluding hydrogens is 414 g/mol.